The Morgan fingerprint density at radius 2 is 1.83 bits per heavy atom. The fourth-order valence-electron chi connectivity index (χ4n) is 3.27. The van der Waals surface area contributed by atoms with Gasteiger partial charge in [-0.25, -0.2) is 0 Å². The third-order valence-electron chi connectivity index (χ3n) is 5.50. The molecule has 0 bridgehead atoms. The summed E-state index contributed by atoms with van der Waals surface area (Å²) in [5.74, 6) is 0.519. The first-order chi connectivity index (χ1) is 14.2. The molecule has 0 heterocycles. The number of aryl methyl sites for hydroxylation is 2. The van der Waals surface area contributed by atoms with E-state index in [1.807, 2.05) is 70.2 Å². The second-order valence-electron chi connectivity index (χ2n) is 7.97. The van der Waals surface area contributed by atoms with E-state index in [9.17, 15) is 9.59 Å². The number of methoxy groups -OCH3 is 1. The van der Waals surface area contributed by atoms with Crippen LogP contribution in [0, 0.1) is 13.8 Å². The van der Waals surface area contributed by atoms with Gasteiger partial charge in [0.25, 0.3) is 0 Å². The normalized spacial score (nSPS) is 12.7. The molecule has 0 spiro atoms. The van der Waals surface area contributed by atoms with Crippen molar-refractivity contribution in [3.8, 4) is 5.75 Å². The number of ether oxygens (including phenoxy) is 1. The lowest BCUT2D eigenvalue weighted by Gasteiger charge is -2.30. The number of hydrogen-bond acceptors (Lipinski definition) is 3. The maximum Gasteiger partial charge on any atom is 0.242 e. The van der Waals surface area contributed by atoms with E-state index >= 15 is 0 Å². The van der Waals surface area contributed by atoms with Gasteiger partial charge in [-0.3, -0.25) is 9.59 Å². The Morgan fingerprint density at radius 1 is 1.10 bits per heavy atom. The van der Waals surface area contributed by atoms with Gasteiger partial charge in [-0.2, -0.15) is 0 Å². The average molecular weight is 411 g/mol. The molecule has 0 unspecified atom stereocenters. The molecule has 2 aromatic carbocycles. The van der Waals surface area contributed by atoms with E-state index < -0.39 is 6.04 Å². The summed E-state index contributed by atoms with van der Waals surface area (Å²) >= 11 is 0. The van der Waals surface area contributed by atoms with Crippen molar-refractivity contribution in [1.29, 1.82) is 0 Å². The lowest BCUT2D eigenvalue weighted by molar-refractivity contribution is -0.140. The van der Waals surface area contributed by atoms with Crippen molar-refractivity contribution in [3.63, 3.8) is 0 Å². The van der Waals surface area contributed by atoms with Crippen LogP contribution >= 0.6 is 0 Å². The highest BCUT2D eigenvalue weighted by Crippen LogP contribution is 2.18. The van der Waals surface area contributed by atoms with Gasteiger partial charge in [0.2, 0.25) is 11.8 Å². The highest BCUT2D eigenvalue weighted by molar-refractivity contribution is 5.88. The summed E-state index contributed by atoms with van der Waals surface area (Å²) in [5.41, 5.74) is 4.11. The van der Waals surface area contributed by atoms with Crippen LogP contribution in [0.5, 0.6) is 5.75 Å². The van der Waals surface area contributed by atoms with Crippen LogP contribution < -0.4 is 10.1 Å². The van der Waals surface area contributed by atoms with Crippen LogP contribution in [0.2, 0.25) is 0 Å². The molecule has 0 saturated carbocycles. The molecule has 0 saturated heterocycles. The predicted octanol–water partition coefficient (Wildman–Crippen LogP) is 4.19. The van der Waals surface area contributed by atoms with Gasteiger partial charge in [0.15, 0.2) is 0 Å². The zero-order valence-electron chi connectivity index (χ0n) is 19.0. The van der Waals surface area contributed by atoms with Gasteiger partial charge in [-0.1, -0.05) is 42.8 Å². The lowest BCUT2D eigenvalue weighted by atomic mass is 10.0. The molecule has 5 nitrogen and oxygen atoms in total. The third kappa shape index (κ3) is 6.34. The van der Waals surface area contributed by atoms with Crippen LogP contribution in [0.4, 0.5) is 0 Å². The number of hydrogen-bond donors (Lipinski definition) is 1. The van der Waals surface area contributed by atoms with Gasteiger partial charge in [-0.15, -0.1) is 0 Å². The van der Waals surface area contributed by atoms with Crippen molar-refractivity contribution in [3.05, 3.63) is 64.7 Å². The molecule has 2 rings (SSSR count). The van der Waals surface area contributed by atoms with Gasteiger partial charge < -0.3 is 15.0 Å². The van der Waals surface area contributed by atoms with E-state index in [0.29, 0.717) is 6.54 Å². The predicted molar refractivity (Wildman–Crippen MR) is 121 cm³/mol. The Hall–Kier alpha value is -2.82. The van der Waals surface area contributed by atoms with Crippen molar-refractivity contribution in [2.24, 2.45) is 0 Å². The van der Waals surface area contributed by atoms with Crippen molar-refractivity contribution >= 4 is 11.8 Å². The molecule has 5 heteroatoms. The summed E-state index contributed by atoms with van der Waals surface area (Å²) < 4.78 is 5.31. The number of carbonyl (C=O) groups excluding carboxylic acids is 2. The minimum absolute atomic E-state index is 0.0627. The van der Waals surface area contributed by atoms with Crippen molar-refractivity contribution in [2.75, 3.05) is 7.11 Å². The first-order valence-corrected chi connectivity index (χ1v) is 10.5. The topological polar surface area (TPSA) is 58.6 Å². The van der Waals surface area contributed by atoms with Crippen LogP contribution in [0.1, 0.15) is 49.4 Å². The number of rotatable bonds is 9. The van der Waals surface area contributed by atoms with Crippen molar-refractivity contribution < 1.29 is 14.3 Å². The Morgan fingerprint density at radius 3 is 2.50 bits per heavy atom. The van der Waals surface area contributed by atoms with E-state index in [2.05, 4.69) is 5.32 Å². The molecular formula is C25H34N2O3. The maximum absolute atomic E-state index is 13.4. The molecule has 30 heavy (non-hydrogen) atoms. The fourth-order valence-corrected chi connectivity index (χ4v) is 3.27. The highest BCUT2D eigenvalue weighted by Gasteiger charge is 2.27. The van der Waals surface area contributed by atoms with E-state index in [1.54, 1.807) is 18.9 Å². The zero-order chi connectivity index (χ0) is 22.3. The summed E-state index contributed by atoms with van der Waals surface area (Å²) in [5, 5.41) is 3.00. The van der Waals surface area contributed by atoms with Crippen LogP contribution in [0.25, 0.3) is 0 Å². The fraction of sp³-hybridized carbons (Fsp3) is 0.440. The first-order valence-electron chi connectivity index (χ1n) is 10.5. The molecule has 0 aliphatic carbocycles. The van der Waals surface area contributed by atoms with Gasteiger partial charge in [0.1, 0.15) is 11.8 Å². The van der Waals surface area contributed by atoms with Crippen molar-refractivity contribution in [2.45, 2.75) is 66.1 Å². The molecule has 0 fully saturated rings. The molecule has 2 amide bonds. The molecule has 0 aliphatic heterocycles. The summed E-state index contributed by atoms with van der Waals surface area (Å²) in [6.45, 7) is 10.1. The molecule has 0 aliphatic rings. The van der Waals surface area contributed by atoms with Gasteiger partial charge in [-0.05, 0) is 62.9 Å². The van der Waals surface area contributed by atoms with Gasteiger partial charge in [0, 0.05) is 12.6 Å². The van der Waals surface area contributed by atoms with E-state index in [-0.39, 0.29) is 24.3 Å². The largest absolute Gasteiger partial charge is 0.497 e. The van der Waals surface area contributed by atoms with Crippen LogP contribution in [-0.4, -0.2) is 35.9 Å². The zero-order valence-corrected chi connectivity index (χ0v) is 19.0. The minimum Gasteiger partial charge on any atom is -0.497 e. The Balaban J connectivity index is 2.29. The number of nitrogens with one attached hydrogen (secondary N) is 1. The molecule has 162 valence electrons. The molecule has 2 aromatic rings. The minimum atomic E-state index is -0.581. The van der Waals surface area contributed by atoms with E-state index in [1.165, 1.54) is 0 Å². The second kappa shape index (κ2) is 10.8. The van der Waals surface area contributed by atoms with E-state index in [0.717, 1.165) is 34.4 Å². The maximum atomic E-state index is 13.4. The summed E-state index contributed by atoms with van der Waals surface area (Å²) in [7, 11) is 1.62. The Bertz CT molecular complexity index is 878. The number of benzene rings is 2. The second-order valence-corrected chi connectivity index (χ2v) is 7.97. The van der Waals surface area contributed by atoms with E-state index in [4.69, 9.17) is 4.74 Å². The number of amides is 2. The number of carbonyl (C=O) groups is 2. The van der Waals surface area contributed by atoms with Crippen LogP contribution in [-0.2, 0) is 22.6 Å². The quantitative estimate of drug-likeness (QED) is 0.674. The molecule has 1 N–H and O–H groups in total. The number of nitrogens with zero attached hydrogens (tertiary/aromatic N) is 1. The van der Waals surface area contributed by atoms with Gasteiger partial charge in [0.05, 0.1) is 13.5 Å². The standard InChI is InChI=1S/C25H34N2O3/c1-7-19(4)26-25(29)20(5)27(16-21-9-8-10-23(14-21)30-6)24(28)15-22-13-17(2)11-12-18(22)3/h8-14,19-20H,7,15-16H2,1-6H3,(H,26,29)/t19-,20-/m0/s1. The molecular weight excluding hydrogens is 376 g/mol. The SMILES string of the molecule is CC[C@H](C)NC(=O)[C@H](C)N(Cc1cccc(OC)c1)C(=O)Cc1cc(C)ccc1C. The summed E-state index contributed by atoms with van der Waals surface area (Å²) in [4.78, 5) is 27.8. The monoisotopic (exact) mass is 410 g/mol. The summed E-state index contributed by atoms with van der Waals surface area (Å²) in [6, 6.07) is 13.2. The summed E-state index contributed by atoms with van der Waals surface area (Å²) in [6.07, 6.45) is 1.10. The van der Waals surface area contributed by atoms with Crippen molar-refractivity contribution in [1.82, 2.24) is 10.2 Å². The smallest absolute Gasteiger partial charge is 0.242 e. The Labute approximate surface area is 180 Å². The van der Waals surface area contributed by atoms with Crippen LogP contribution in [0.15, 0.2) is 42.5 Å². The molecule has 0 radical (unpaired) electrons. The molecule has 2 atom stereocenters. The van der Waals surface area contributed by atoms with Crippen LogP contribution in [0.3, 0.4) is 0 Å². The lowest BCUT2D eigenvalue weighted by Crippen LogP contribution is -2.49. The van der Waals surface area contributed by atoms with Gasteiger partial charge >= 0.3 is 0 Å². The average Bonchev–Trinajstić information content (AvgIpc) is 2.73. The Kier molecular flexibility index (Phi) is 8.46. The third-order valence-corrected chi connectivity index (χ3v) is 5.50. The first kappa shape index (κ1) is 23.5. The highest BCUT2D eigenvalue weighted by atomic mass is 16.5. The molecule has 0 aromatic heterocycles.